The molecule has 3 nitrogen and oxygen atoms in total. The van der Waals surface area contributed by atoms with Crippen molar-refractivity contribution in [3.8, 4) is 0 Å². The van der Waals surface area contributed by atoms with Gasteiger partial charge in [-0.1, -0.05) is 6.92 Å². The molecule has 0 heterocycles. The first-order valence-electron chi connectivity index (χ1n) is 3.67. The summed E-state index contributed by atoms with van der Waals surface area (Å²) >= 11 is 0. The van der Waals surface area contributed by atoms with Crippen LogP contribution < -0.4 is 5.73 Å². The molecule has 2 atom stereocenters. The molecule has 0 spiro atoms. The van der Waals surface area contributed by atoms with Crippen molar-refractivity contribution in [3.05, 3.63) is 0 Å². The summed E-state index contributed by atoms with van der Waals surface area (Å²) in [4.78, 5) is 0. The highest BCUT2D eigenvalue weighted by atomic mass is 16.6. The minimum atomic E-state index is -0.815. The second kappa shape index (κ2) is 4.66. The molecule has 10 heavy (non-hydrogen) atoms. The van der Waals surface area contributed by atoms with Crippen LogP contribution in [0.1, 0.15) is 27.2 Å². The van der Waals surface area contributed by atoms with Crippen LogP contribution in [0.2, 0.25) is 0 Å². The van der Waals surface area contributed by atoms with Crippen LogP contribution in [0.5, 0.6) is 0 Å². The zero-order valence-electron chi connectivity index (χ0n) is 6.87. The van der Waals surface area contributed by atoms with Gasteiger partial charge >= 0.3 is 0 Å². The molecule has 0 aromatic rings. The van der Waals surface area contributed by atoms with E-state index < -0.39 is 6.29 Å². The second-order valence-electron chi connectivity index (χ2n) is 2.65. The molecular formula is C7H17NO2. The third-order valence-electron chi connectivity index (χ3n) is 1.25. The molecule has 0 aromatic carbocycles. The minimum Gasteiger partial charge on any atom is -0.367 e. The molecule has 0 saturated carbocycles. The smallest absolute Gasteiger partial charge is 0.170 e. The Kier molecular flexibility index (Phi) is 4.60. The van der Waals surface area contributed by atoms with Crippen molar-refractivity contribution in [1.82, 2.24) is 0 Å². The molecule has 0 amide bonds. The fourth-order valence-corrected chi connectivity index (χ4v) is 0.581. The molecule has 0 aliphatic rings. The predicted octanol–water partition coefficient (Wildman–Crippen LogP) is 0.467. The van der Waals surface area contributed by atoms with Gasteiger partial charge in [0.1, 0.15) is 0 Å². The maximum Gasteiger partial charge on any atom is 0.170 e. The highest BCUT2D eigenvalue weighted by Crippen LogP contribution is 2.00. The van der Waals surface area contributed by atoms with Gasteiger partial charge in [0.2, 0.25) is 0 Å². The van der Waals surface area contributed by atoms with Gasteiger partial charge in [-0.05, 0) is 20.3 Å². The third-order valence-corrected chi connectivity index (χ3v) is 1.25. The Morgan fingerprint density at radius 1 is 1.50 bits per heavy atom. The van der Waals surface area contributed by atoms with Crippen molar-refractivity contribution in [2.24, 2.45) is 5.73 Å². The van der Waals surface area contributed by atoms with Crippen molar-refractivity contribution < 1.29 is 9.84 Å². The van der Waals surface area contributed by atoms with Gasteiger partial charge in [0.05, 0.1) is 12.1 Å². The molecular weight excluding hydrogens is 130 g/mol. The lowest BCUT2D eigenvalue weighted by Gasteiger charge is -2.19. The fraction of sp³-hybridized carbons (Fsp3) is 1.00. The number of aliphatic hydroxyl groups is 1. The van der Waals surface area contributed by atoms with Crippen LogP contribution in [0.4, 0.5) is 0 Å². The Hall–Kier alpha value is -0.120. The molecule has 0 fully saturated rings. The topological polar surface area (TPSA) is 55.5 Å². The van der Waals surface area contributed by atoms with Crippen molar-refractivity contribution >= 4 is 0 Å². The Labute approximate surface area is 62.2 Å². The lowest BCUT2D eigenvalue weighted by molar-refractivity contribution is -0.137. The summed E-state index contributed by atoms with van der Waals surface area (Å²) in [7, 11) is 0. The van der Waals surface area contributed by atoms with Crippen LogP contribution in [0.25, 0.3) is 0 Å². The van der Waals surface area contributed by atoms with Crippen LogP contribution in [-0.2, 0) is 4.74 Å². The molecule has 0 radical (unpaired) electrons. The zero-order valence-corrected chi connectivity index (χ0v) is 6.87. The molecule has 2 unspecified atom stereocenters. The van der Waals surface area contributed by atoms with Crippen molar-refractivity contribution in [2.75, 3.05) is 0 Å². The summed E-state index contributed by atoms with van der Waals surface area (Å²) < 4.78 is 5.03. The molecule has 0 aromatic heterocycles. The molecule has 0 rings (SSSR count). The van der Waals surface area contributed by atoms with E-state index in [-0.39, 0.29) is 12.1 Å². The number of hydrogen-bond acceptors (Lipinski definition) is 3. The average Bonchev–Trinajstić information content (AvgIpc) is 1.85. The van der Waals surface area contributed by atoms with E-state index in [1.807, 2.05) is 20.8 Å². The van der Waals surface area contributed by atoms with E-state index in [2.05, 4.69) is 0 Å². The van der Waals surface area contributed by atoms with Crippen LogP contribution in [0.3, 0.4) is 0 Å². The summed E-state index contributed by atoms with van der Waals surface area (Å²) in [6.45, 7) is 5.65. The lowest BCUT2D eigenvalue weighted by Crippen LogP contribution is -2.37. The number of nitrogens with two attached hydrogens (primary N) is 1. The first kappa shape index (κ1) is 9.88. The summed E-state index contributed by atoms with van der Waals surface area (Å²) in [6.07, 6.45) is -0.0500. The standard InChI is InChI=1S/C7H17NO2/c1-4-6(8)7(9)10-5(2)3/h5-7,9H,4,8H2,1-3H3. The number of rotatable bonds is 4. The highest BCUT2D eigenvalue weighted by molar-refractivity contribution is 4.61. The fourth-order valence-electron chi connectivity index (χ4n) is 0.581. The van der Waals surface area contributed by atoms with E-state index in [0.29, 0.717) is 0 Å². The van der Waals surface area contributed by atoms with Gasteiger partial charge in [0.25, 0.3) is 0 Å². The Morgan fingerprint density at radius 2 is 2.00 bits per heavy atom. The number of aliphatic hydroxyl groups excluding tert-OH is 1. The molecule has 3 N–H and O–H groups in total. The first-order valence-corrected chi connectivity index (χ1v) is 3.67. The maximum absolute atomic E-state index is 9.14. The maximum atomic E-state index is 9.14. The van der Waals surface area contributed by atoms with Crippen LogP contribution in [0.15, 0.2) is 0 Å². The average molecular weight is 147 g/mol. The first-order chi connectivity index (χ1) is 4.57. The Bertz CT molecular complexity index is 85.7. The normalized spacial score (nSPS) is 17.4. The van der Waals surface area contributed by atoms with E-state index in [0.717, 1.165) is 6.42 Å². The van der Waals surface area contributed by atoms with Crippen molar-refractivity contribution in [2.45, 2.75) is 45.6 Å². The third kappa shape index (κ3) is 3.82. The van der Waals surface area contributed by atoms with E-state index >= 15 is 0 Å². The van der Waals surface area contributed by atoms with E-state index in [1.165, 1.54) is 0 Å². The monoisotopic (exact) mass is 147 g/mol. The zero-order chi connectivity index (χ0) is 8.15. The van der Waals surface area contributed by atoms with Gasteiger partial charge in [0.15, 0.2) is 6.29 Å². The Morgan fingerprint density at radius 3 is 2.30 bits per heavy atom. The van der Waals surface area contributed by atoms with E-state index in [4.69, 9.17) is 15.6 Å². The Balaban J connectivity index is 3.50. The largest absolute Gasteiger partial charge is 0.367 e. The molecule has 0 aliphatic heterocycles. The van der Waals surface area contributed by atoms with Gasteiger partial charge < -0.3 is 15.6 Å². The molecule has 0 saturated heterocycles. The van der Waals surface area contributed by atoms with Crippen LogP contribution in [0, 0.1) is 0 Å². The van der Waals surface area contributed by atoms with Crippen LogP contribution >= 0.6 is 0 Å². The molecule has 3 heteroatoms. The van der Waals surface area contributed by atoms with Gasteiger partial charge in [0, 0.05) is 0 Å². The predicted molar refractivity (Wildman–Crippen MR) is 40.5 cm³/mol. The number of hydrogen-bond donors (Lipinski definition) is 2. The molecule has 0 aliphatic carbocycles. The van der Waals surface area contributed by atoms with E-state index in [9.17, 15) is 0 Å². The molecule has 62 valence electrons. The second-order valence-corrected chi connectivity index (χ2v) is 2.65. The van der Waals surface area contributed by atoms with Crippen molar-refractivity contribution in [3.63, 3.8) is 0 Å². The van der Waals surface area contributed by atoms with Crippen LogP contribution in [-0.4, -0.2) is 23.5 Å². The quantitative estimate of drug-likeness (QED) is 0.568. The van der Waals surface area contributed by atoms with Crippen molar-refractivity contribution in [1.29, 1.82) is 0 Å². The highest BCUT2D eigenvalue weighted by Gasteiger charge is 2.13. The van der Waals surface area contributed by atoms with Gasteiger partial charge in [-0.3, -0.25) is 0 Å². The summed E-state index contributed by atoms with van der Waals surface area (Å²) in [5.41, 5.74) is 5.49. The lowest BCUT2D eigenvalue weighted by atomic mass is 10.2. The summed E-state index contributed by atoms with van der Waals surface area (Å²) in [6, 6.07) is -0.262. The van der Waals surface area contributed by atoms with Gasteiger partial charge in [-0.15, -0.1) is 0 Å². The van der Waals surface area contributed by atoms with E-state index in [1.54, 1.807) is 0 Å². The molecule has 0 bridgehead atoms. The van der Waals surface area contributed by atoms with Gasteiger partial charge in [-0.2, -0.15) is 0 Å². The SMILES string of the molecule is CCC(N)C(O)OC(C)C. The summed E-state index contributed by atoms with van der Waals surface area (Å²) in [5.74, 6) is 0. The number of ether oxygens (including phenoxy) is 1. The van der Waals surface area contributed by atoms with Gasteiger partial charge in [-0.25, -0.2) is 0 Å². The summed E-state index contributed by atoms with van der Waals surface area (Å²) in [5, 5.41) is 9.14. The minimum absolute atomic E-state index is 0.0348.